The van der Waals surface area contributed by atoms with Gasteiger partial charge < -0.3 is 4.98 Å². The molecule has 0 aliphatic heterocycles. The van der Waals surface area contributed by atoms with E-state index in [1.54, 1.807) is 0 Å². The third kappa shape index (κ3) is 3.58. The van der Waals surface area contributed by atoms with E-state index < -0.39 is 0 Å². The number of aromatic amines is 1. The van der Waals surface area contributed by atoms with Crippen LogP contribution in [0.25, 0.3) is 0 Å². The third-order valence-corrected chi connectivity index (χ3v) is 5.27. The van der Waals surface area contributed by atoms with Crippen molar-refractivity contribution in [1.29, 1.82) is 0 Å². The molecule has 2 nitrogen and oxygen atoms in total. The molecule has 0 aromatic carbocycles. The lowest BCUT2D eigenvalue weighted by Gasteiger charge is -2.11. The molecule has 0 saturated carbocycles. The number of nitrogens with one attached hydrogen (secondary N) is 1. The molecule has 1 atom stereocenters. The zero-order valence-electron chi connectivity index (χ0n) is 11.3. The van der Waals surface area contributed by atoms with Crippen LogP contribution < -0.4 is 0 Å². The lowest BCUT2D eigenvalue weighted by Crippen LogP contribution is -2.05. The molecule has 4 heteroatoms. The molecule has 1 aromatic rings. The van der Waals surface area contributed by atoms with Gasteiger partial charge in [-0.2, -0.15) is 11.8 Å². The summed E-state index contributed by atoms with van der Waals surface area (Å²) in [4.78, 5) is 8.10. The molecule has 0 saturated heterocycles. The van der Waals surface area contributed by atoms with Crippen molar-refractivity contribution in [2.45, 2.75) is 63.4 Å². The van der Waals surface area contributed by atoms with Gasteiger partial charge in [0.15, 0.2) is 0 Å². The summed E-state index contributed by atoms with van der Waals surface area (Å²) < 4.78 is 0.838. The second-order valence-corrected chi connectivity index (χ2v) is 6.85. The van der Waals surface area contributed by atoms with Gasteiger partial charge in [-0.1, -0.05) is 32.5 Å². The van der Waals surface area contributed by atoms with Crippen LogP contribution in [0.1, 0.15) is 56.6 Å². The summed E-state index contributed by atoms with van der Waals surface area (Å²) in [5.41, 5.74) is 2.66. The van der Waals surface area contributed by atoms with Gasteiger partial charge in [-0.05, 0) is 32.1 Å². The highest BCUT2D eigenvalue weighted by atomic mass is 32.2. The predicted octanol–water partition coefficient (Wildman–Crippen LogP) is 4.44. The minimum absolute atomic E-state index is 0.688. The zero-order valence-corrected chi connectivity index (χ0v) is 12.9. The Kier molecular flexibility index (Phi) is 5.25. The van der Waals surface area contributed by atoms with Crippen LogP contribution in [0.5, 0.6) is 0 Å². The van der Waals surface area contributed by atoms with Gasteiger partial charge in [-0.15, -0.1) is 0 Å². The second kappa shape index (κ2) is 6.71. The van der Waals surface area contributed by atoms with Crippen molar-refractivity contribution in [3.05, 3.63) is 21.7 Å². The Labute approximate surface area is 119 Å². The fraction of sp³-hybridized carbons (Fsp3) is 0.714. The molecule has 0 fully saturated rings. The predicted molar refractivity (Wildman–Crippen MR) is 81.7 cm³/mol. The molecule has 0 radical (unpaired) electrons. The summed E-state index contributed by atoms with van der Waals surface area (Å²) in [7, 11) is 0. The van der Waals surface area contributed by atoms with Crippen LogP contribution in [0.3, 0.4) is 0 Å². The average Bonchev–Trinajstić information content (AvgIpc) is 2.61. The first kappa shape index (κ1) is 14.1. The molecular weight excluding hydrogens is 260 g/mol. The minimum atomic E-state index is 0.688. The Morgan fingerprint density at radius 3 is 2.89 bits per heavy atom. The van der Waals surface area contributed by atoms with E-state index >= 15 is 0 Å². The maximum atomic E-state index is 5.45. The van der Waals surface area contributed by atoms with Gasteiger partial charge in [0.25, 0.3) is 0 Å². The smallest absolute Gasteiger partial charge is 0.133 e. The largest absolute Gasteiger partial charge is 0.346 e. The van der Waals surface area contributed by atoms with E-state index in [-0.39, 0.29) is 0 Å². The first-order chi connectivity index (χ1) is 8.70. The SMILES string of the molecule is CCC(C)SCc1nc(=S)c2c([nH]1)CCCCC2. The molecule has 0 spiro atoms. The highest BCUT2D eigenvalue weighted by Crippen LogP contribution is 2.22. The Bertz CT molecular complexity index is 454. The van der Waals surface area contributed by atoms with Crippen molar-refractivity contribution in [3.8, 4) is 0 Å². The van der Waals surface area contributed by atoms with Gasteiger partial charge in [-0.25, -0.2) is 4.98 Å². The van der Waals surface area contributed by atoms with E-state index in [0.717, 1.165) is 29.1 Å². The molecule has 1 aliphatic carbocycles. The number of aromatic nitrogens is 2. The summed E-state index contributed by atoms with van der Waals surface area (Å²) in [6.45, 7) is 4.49. The average molecular weight is 282 g/mol. The van der Waals surface area contributed by atoms with Gasteiger partial charge in [0.1, 0.15) is 10.5 Å². The standard InChI is InChI=1S/C14H22N2S2/c1-3-10(2)18-9-13-15-12-8-6-4-5-7-11(12)14(17)16-13/h10H,3-9H2,1-2H3,(H,15,16,17). The van der Waals surface area contributed by atoms with Crippen LogP contribution in [0.4, 0.5) is 0 Å². The summed E-state index contributed by atoms with van der Waals surface area (Å²) in [5.74, 6) is 2.01. The van der Waals surface area contributed by atoms with Crippen molar-refractivity contribution in [2.75, 3.05) is 0 Å². The maximum absolute atomic E-state index is 5.45. The number of nitrogens with zero attached hydrogens (tertiary/aromatic N) is 1. The zero-order chi connectivity index (χ0) is 13.0. The van der Waals surface area contributed by atoms with E-state index in [2.05, 4.69) is 23.8 Å². The quantitative estimate of drug-likeness (QED) is 0.654. The second-order valence-electron chi connectivity index (χ2n) is 5.04. The van der Waals surface area contributed by atoms with Crippen molar-refractivity contribution in [3.63, 3.8) is 0 Å². The van der Waals surface area contributed by atoms with E-state index in [9.17, 15) is 0 Å². The monoisotopic (exact) mass is 282 g/mol. The Morgan fingerprint density at radius 1 is 1.33 bits per heavy atom. The lowest BCUT2D eigenvalue weighted by atomic mass is 10.1. The van der Waals surface area contributed by atoms with E-state index in [4.69, 9.17) is 12.2 Å². The molecule has 0 bridgehead atoms. The van der Waals surface area contributed by atoms with Crippen molar-refractivity contribution in [1.82, 2.24) is 9.97 Å². The minimum Gasteiger partial charge on any atom is -0.346 e. The van der Waals surface area contributed by atoms with Gasteiger partial charge in [0, 0.05) is 16.5 Å². The number of H-pyrrole nitrogens is 1. The molecule has 1 N–H and O–H groups in total. The number of rotatable bonds is 4. The summed E-state index contributed by atoms with van der Waals surface area (Å²) in [6, 6.07) is 0. The first-order valence-electron chi connectivity index (χ1n) is 6.93. The number of fused-ring (bicyclic) bond motifs is 1. The van der Waals surface area contributed by atoms with Gasteiger partial charge >= 0.3 is 0 Å². The molecule has 1 aliphatic rings. The molecule has 0 amide bonds. The maximum Gasteiger partial charge on any atom is 0.133 e. The van der Waals surface area contributed by atoms with Crippen LogP contribution in [0.2, 0.25) is 0 Å². The fourth-order valence-corrected chi connectivity index (χ4v) is 3.41. The topological polar surface area (TPSA) is 28.7 Å². The molecule has 2 rings (SSSR count). The van der Waals surface area contributed by atoms with Crippen LogP contribution in [-0.2, 0) is 18.6 Å². The van der Waals surface area contributed by atoms with Crippen LogP contribution >= 0.6 is 24.0 Å². The van der Waals surface area contributed by atoms with Gasteiger partial charge in [0.05, 0.1) is 5.75 Å². The fourth-order valence-electron chi connectivity index (χ4n) is 2.26. The Morgan fingerprint density at radius 2 is 2.11 bits per heavy atom. The van der Waals surface area contributed by atoms with Gasteiger partial charge in [0.2, 0.25) is 0 Å². The van der Waals surface area contributed by atoms with E-state index in [0.29, 0.717) is 5.25 Å². The van der Waals surface area contributed by atoms with Crippen LogP contribution in [0, 0.1) is 4.64 Å². The lowest BCUT2D eigenvalue weighted by molar-refractivity contribution is 0.708. The number of hydrogen-bond acceptors (Lipinski definition) is 3. The molecular formula is C14H22N2S2. The number of hydrogen-bond donors (Lipinski definition) is 1. The van der Waals surface area contributed by atoms with Crippen LogP contribution in [0.15, 0.2) is 0 Å². The van der Waals surface area contributed by atoms with Crippen molar-refractivity contribution in [2.24, 2.45) is 0 Å². The molecule has 1 unspecified atom stereocenters. The Balaban J connectivity index is 2.16. The summed E-state index contributed by atoms with van der Waals surface area (Å²) in [6.07, 6.45) is 7.30. The molecule has 100 valence electrons. The normalized spacial score (nSPS) is 17.0. The van der Waals surface area contributed by atoms with E-state index in [1.165, 1.54) is 36.9 Å². The highest BCUT2D eigenvalue weighted by molar-refractivity contribution is 7.99. The summed E-state index contributed by atoms with van der Waals surface area (Å²) in [5, 5.41) is 0.688. The molecule has 18 heavy (non-hydrogen) atoms. The van der Waals surface area contributed by atoms with Crippen molar-refractivity contribution >= 4 is 24.0 Å². The first-order valence-corrected chi connectivity index (χ1v) is 8.39. The van der Waals surface area contributed by atoms with Crippen LogP contribution in [-0.4, -0.2) is 15.2 Å². The highest BCUT2D eigenvalue weighted by Gasteiger charge is 2.12. The molecule has 1 heterocycles. The molecule has 1 aromatic heterocycles. The van der Waals surface area contributed by atoms with E-state index in [1.807, 2.05) is 11.8 Å². The van der Waals surface area contributed by atoms with Crippen molar-refractivity contribution < 1.29 is 0 Å². The third-order valence-electron chi connectivity index (χ3n) is 3.59. The number of thioether (sulfide) groups is 1. The number of aryl methyl sites for hydroxylation is 1. The Hall–Kier alpha value is -0.350. The summed E-state index contributed by atoms with van der Waals surface area (Å²) >= 11 is 7.41. The van der Waals surface area contributed by atoms with Gasteiger partial charge in [-0.3, -0.25) is 0 Å².